The van der Waals surface area contributed by atoms with Gasteiger partial charge >= 0.3 is 0 Å². The van der Waals surface area contributed by atoms with Crippen LogP contribution in [0.15, 0.2) is 28.8 Å². The van der Waals surface area contributed by atoms with E-state index in [-0.39, 0.29) is 5.41 Å². The van der Waals surface area contributed by atoms with Gasteiger partial charge in [-0.05, 0) is 17.5 Å². The molecule has 0 radical (unpaired) electrons. The molecule has 4 nitrogen and oxygen atoms in total. The first-order valence-corrected chi connectivity index (χ1v) is 5.62. The molecule has 2 N–H and O–H groups in total. The van der Waals surface area contributed by atoms with Gasteiger partial charge in [0.1, 0.15) is 0 Å². The maximum Gasteiger partial charge on any atom is 0.227 e. The number of benzene rings is 1. The van der Waals surface area contributed by atoms with E-state index in [1.165, 1.54) is 0 Å². The van der Waals surface area contributed by atoms with Crippen molar-refractivity contribution in [1.29, 1.82) is 0 Å². The Balaban J connectivity index is 2.24. The standard InChI is InChI=1S/C13H17N3O/c1-13(2,3)8-11-15-12(16-17-11)9-5-4-6-10(14)7-9/h4-7H,8,14H2,1-3H3. The van der Waals surface area contributed by atoms with Crippen molar-refractivity contribution in [2.45, 2.75) is 27.2 Å². The average molecular weight is 231 g/mol. The van der Waals surface area contributed by atoms with Crippen LogP contribution >= 0.6 is 0 Å². The quantitative estimate of drug-likeness (QED) is 0.807. The van der Waals surface area contributed by atoms with Gasteiger partial charge in [0.2, 0.25) is 11.7 Å². The van der Waals surface area contributed by atoms with Crippen molar-refractivity contribution in [3.63, 3.8) is 0 Å². The predicted octanol–water partition coefficient (Wildman–Crippen LogP) is 2.91. The van der Waals surface area contributed by atoms with Crippen LogP contribution in [0.5, 0.6) is 0 Å². The Morgan fingerprint density at radius 2 is 2.06 bits per heavy atom. The zero-order valence-electron chi connectivity index (χ0n) is 10.4. The molecule has 0 bridgehead atoms. The normalized spacial score (nSPS) is 11.7. The van der Waals surface area contributed by atoms with E-state index in [4.69, 9.17) is 10.3 Å². The number of rotatable bonds is 2. The molecule has 0 saturated carbocycles. The van der Waals surface area contributed by atoms with Crippen LogP contribution in [-0.4, -0.2) is 10.1 Å². The molecule has 4 heteroatoms. The second-order valence-electron chi connectivity index (χ2n) is 5.37. The Labute approximate surface area is 101 Å². The second-order valence-corrected chi connectivity index (χ2v) is 5.37. The summed E-state index contributed by atoms with van der Waals surface area (Å²) >= 11 is 0. The Bertz CT molecular complexity index is 511. The van der Waals surface area contributed by atoms with Crippen LogP contribution in [0.1, 0.15) is 26.7 Å². The van der Waals surface area contributed by atoms with E-state index in [1.54, 1.807) is 0 Å². The van der Waals surface area contributed by atoms with Gasteiger partial charge in [0.25, 0.3) is 0 Å². The molecular weight excluding hydrogens is 214 g/mol. The van der Waals surface area contributed by atoms with Gasteiger partial charge in [0.15, 0.2) is 0 Å². The monoisotopic (exact) mass is 231 g/mol. The first-order chi connectivity index (χ1) is 7.94. The predicted molar refractivity (Wildman–Crippen MR) is 67.3 cm³/mol. The van der Waals surface area contributed by atoms with Gasteiger partial charge in [-0.1, -0.05) is 38.1 Å². The molecule has 0 aliphatic heterocycles. The summed E-state index contributed by atoms with van der Waals surface area (Å²) in [6, 6.07) is 7.47. The van der Waals surface area contributed by atoms with Crippen LogP contribution in [-0.2, 0) is 6.42 Å². The van der Waals surface area contributed by atoms with Crippen LogP contribution in [0.4, 0.5) is 5.69 Å². The van der Waals surface area contributed by atoms with Gasteiger partial charge in [0, 0.05) is 17.7 Å². The fourth-order valence-corrected chi connectivity index (χ4v) is 1.58. The fourth-order valence-electron chi connectivity index (χ4n) is 1.58. The molecule has 0 aliphatic carbocycles. The van der Waals surface area contributed by atoms with Crippen LogP contribution in [0.25, 0.3) is 11.4 Å². The number of hydrogen-bond acceptors (Lipinski definition) is 4. The zero-order chi connectivity index (χ0) is 12.5. The highest BCUT2D eigenvalue weighted by atomic mass is 16.5. The third-order valence-electron chi connectivity index (χ3n) is 2.29. The largest absolute Gasteiger partial charge is 0.399 e. The average Bonchev–Trinajstić information content (AvgIpc) is 2.63. The smallest absolute Gasteiger partial charge is 0.227 e. The van der Waals surface area contributed by atoms with Gasteiger partial charge in [-0.2, -0.15) is 4.98 Å². The van der Waals surface area contributed by atoms with Crippen molar-refractivity contribution in [1.82, 2.24) is 10.1 Å². The highest BCUT2D eigenvalue weighted by Crippen LogP contribution is 2.22. The number of aromatic nitrogens is 2. The molecule has 0 aliphatic rings. The van der Waals surface area contributed by atoms with Crippen molar-refractivity contribution in [2.75, 3.05) is 5.73 Å². The Morgan fingerprint density at radius 1 is 1.29 bits per heavy atom. The second kappa shape index (κ2) is 4.20. The summed E-state index contributed by atoms with van der Waals surface area (Å²) in [4.78, 5) is 4.37. The van der Waals surface area contributed by atoms with E-state index in [1.807, 2.05) is 24.3 Å². The highest BCUT2D eigenvalue weighted by molar-refractivity contribution is 5.60. The SMILES string of the molecule is CC(C)(C)Cc1nc(-c2cccc(N)c2)no1. The summed E-state index contributed by atoms with van der Waals surface area (Å²) < 4.78 is 5.23. The van der Waals surface area contributed by atoms with Crippen molar-refractivity contribution in [3.05, 3.63) is 30.2 Å². The van der Waals surface area contributed by atoms with Gasteiger partial charge in [0.05, 0.1) is 0 Å². The minimum absolute atomic E-state index is 0.138. The molecule has 2 rings (SSSR count). The van der Waals surface area contributed by atoms with Crippen molar-refractivity contribution in [2.24, 2.45) is 5.41 Å². The van der Waals surface area contributed by atoms with Crippen LogP contribution < -0.4 is 5.73 Å². The van der Waals surface area contributed by atoms with Gasteiger partial charge in [-0.15, -0.1) is 0 Å². The summed E-state index contributed by atoms with van der Waals surface area (Å²) in [5.41, 5.74) is 7.44. The number of anilines is 1. The number of nitrogen functional groups attached to an aromatic ring is 1. The number of nitrogens with two attached hydrogens (primary N) is 1. The van der Waals surface area contributed by atoms with Crippen LogP contribution in [0.3, 0.4) is 0 Å². The maximum atomic E-state index is 5.72. The van der Waals surface area contributed by atoms with E-state index < -0.39 is 0 Å². The summed E-state index contributed by atoms with van der Waals surface area (Å²) in [6.45, 7) is 6.41. The molecule has 1 aromatic carbocycles. The maximum absolute atomic E-state index is 5.72. The molecule has 0 unspecified atom stereocenters. The molecule has 0 fully saturated rings. The van der Waals surface area contributed by atoms with E-state index in [2.05, 4.69) is 30.9 Å². The summed E-state index contributed by atoms with van der Waals surface area (Å²) in [5, 5.41) is 3.97. The van der Waals surface area contributed by atoms with E-state index in [9.17, 15) is 0 Å². The summed E-state index contributed by atoms with van der Waals surface area (Å²) in [5.74, 6) is 1.26. The molecule has 0 saturated heterocycles. The molecule has 17 heavy (non-hydrogen) atoms. The van der Waals surface area contributed by atoms with E-state index in [0.717, 1.165) is 12.0 Å². The summed E-state index contributed by atoms with van der Waals surface area (Å²) in [7, 11) is 0. The summed E-state index contributed by atoms with van der Waals surface area (Å²) in [6.07, 6.45) is 0.766. The molecule has 1 aromatic heterocycles. The lowest BCUT2D eigenvalue weighted by Crippen LogP contribution is -2.09. The lowest BCUT2D eigenvalue weighted by Gasteiger charge is -2.13. The minimum atomic E-state index is 0.138. The molecule has 0 spiro atoms. The highest BCUT2D eigenvalue weighted by Gasteiger charge is 2.17. The molecule has 90 valence electrons. The molecule has 0 amide bonds. The first-order valence-electron chi connectivity index (χ1n) is 5.62. The van der Waals surface area contributed by atoms with Crippen molar-refractivity contribution < 1.29 is 4.52 Å². The van der Waals surface area contributed by atoms with Crippen molar-refractivity contribution >= 4 is 5.69 Å². The third-order valence-corrected chi connectivity index (χ3v) is 2.29. The van der Waals surface area contributed by atoms with Crippen LogP contribution in [0, 0.1) is 5.41 Å². The molecule has 0 atom stereocenters. The third kappa shape index (κ3) is 3.06. The van der Waals surface area contributed by atoms with Crippen LogP contribution in [0.2, 0.25) is 0 Å². The minimum Gasteiger partial charge on any atom is -0.399 e. The van der Waals surface area contributed by atoms with E-state index in [0.29, 0.717) is 17.4 Å². The van der Waals surface area contributed by atoms with Gasteiger partial charge in [-0.3, -0.25) is 0 Å². The van der Waals surface area contributed by atoms with Gasteiger partial charge < -0.3 is 10.3 Å². The molecule has 1 heterocycles. The first kappa shape index (κ1) is 11.6. The lowest BCUT2D eigenvalue weighted by molar-refractivity contribution is 0.314. The number of nitrogens with zero attached hydrogens (tertiary/aromatic N) is 2. The molecule has 2 aromatic rings. The zero-order valence-corrected chi connectivity index (χ0v) is 10.4. The Morgan fingerprint density at radius 3 is 2.71 bits per heavy atom. The topological polar surface area (TPSA) is 64.9 Å². The Hall–Kier alpha value is -1.84. The molecular formula is C13H17N3O. The van der Waals surface area contributed by atoms with E-state index >= 15 is 0 Å². The Kier molecular flexibility index (Phi) is 2.88. The number of hydrogen-bond donors (Lipinski definition) is 1. The van der Waals surface area contributed by atoms with Crippen molar-refractivity contribution in [3.8, 4) is 11.4 Å². The van der Waals surface area contributed by atoms with Gasteiger partial charge in [-0.25, -0.2) is 0 Å². The lowest BCUT2D eigenvalue weighted by atomic mass is 9.92. The fraction of sp³-hybridized carbons (Fsp3) is 0.385.